The maximum Gasteiger partial charge on any atom is 0.150 e. The van der Waals surface area contributed by atoms with Crippen molar-refractivity contribution < 1.29 is 8.78 Å². The van der Waals surface area contributed by atoms with Crippen LogP contribution in [0.2, 0.25) is 5.02 Å². The number of anilines is 1. The molecule has 0 saturated carbocycles. The lowest BCUT2D eigenvalue weighted by Crippen LogP contribution is -1.94. The van der Waals surface area contributed by atoms with Gasteiger partial charge in [-0.2, -0.15) is 0 Å². The van der Waals surface area contributed by atoms with Crippen molar-refractivity contribution >= 4 is 29.1 Å². The summed E-state index contributed by atoms with van der Waals surface area (Å²) in [7, 11) is 0. The topological polar surface area (TPSA) is 26.0 Å². The van der Waals surface area contributed by atoms with Gasteiger partial charge >= 0.3 is 0 Å². The number of hydrogen-bond donors (Lipinski definition) is 1. The third-order valence-corrected chi connectivity index (χ3v) is 3.36. The van der Waals surface area contributed by atoms with E-state index in [0.717, 1.165) is 11.0 Å². The Morgan fingerprint density at radius 2 is 1.88 bits per heavy atom. The maximum atomic E-state index is 13.2. The molecule has 0 heterocycles. The van der Waals surface area contributed by atoms with Crippen LogP contribution in [0, 0.1) is 11.6 Å². The predicted molar refractivity (Wildman–Crippen MR) is 66.3 cm³/mol. The average Bonchev–Trinajstić information content (AvgIpc) is 2.25. The van der Waals surface area contributed by atoms with Crippen LogP contribution in [0.15, 0.2) is 46.2 Å². The third kappa shape index (κ3) is 2.90. The quantitative estimate of drug-likeness (QED) is 0.822. The molecule has 2 rings (SSSR count). The minimum absolute atomic E-state index is 0.0589. The van der Waals surface area contributed by atoms with Crippen LogP contribution in [0.5, 0.6) is 0 Å². The van der Waals surface area contributed by atoms with Crippen LogP contribution in [0.3, 0.4) is 0 Å². The lowest BCUT2D eigenvalue weighted by atomic mass is 10.3. The van der Waals surface area contributed by atoms with Gasteiger partial charge in [0, 0.05) is 20.9 Å². The molecule has 0 aromatic heterocycles. The van der Waals surface area contributed by atoms with E-state index in [2.05, 4.69) is 0 Å². The molecule has 0 fully saturated rings. The second-order valence-electron chi connectivity index (χ2n) is 3.36. The van der Waals surface area contributed by atoms with Crippen molar-refractivity contribution in [2.24, 2.45) is 0 Å². The van der Waals surface area contributed by atoms with Crippen LogP contribution < -0.4 is 5.73 Å². The summed E-state index contributed by atoms with van der Waals surface area (Å²) in [5.41, 5.74) is 5.48. The molecule has 0 radical (unpaired) electrons. The fourth-order valence-electron chi connectivity index (χ4n) is 1.30. The number of rotatable bonds is 2. The zero-order valence-corrected chi connectivity index (χ0v) is 10.2. The summed E-state index contributed by atoms with van der Waals surface area (Å²) in [5, 5.41) is 0.561. The molecule has 1 nitrogen and oxygen atoms in total. The Bertz CT molecular complexity index is 560. The summed E-state index contributed by atoms with van der Waals surface area (Å²) in [5.74, 6) is -1.41. The van der Waals surface area contributed by atoms with Crippen molar-refractivity contribution in [3.05, 3.63) is 53.1 Å². The van der Waals surface area contributed by atoms with Gasteiger partial charge in [-0.1, -0.05) is 29.4 Å². The van der Waals surface area contributed by atoms with Gasteiger partial charge in [-0.25, -0.2) is 8.78 Å². The van der Waals surface area contributed by atoms with Crippen molar-refractivity contribution in [3.8, 4) is 0 Å². The van der Waals surface area contributed by atoms with Crippen molar-refractivity contribution in [1.29, 1.82) is 0 Å². The molecule has 17 heavy (non-hydrogen) atoms. The second kappa shape index (κ2) is 4.94. The van der Waals surface area contributed by atoms with Crippen LogP contribution in [0.25, 0.3) is 0 Å². The molecule has 0 aliphatic rings. The molecule has 2 aromatic carbocycles. The van der Waals surface area contributed by atoms with E-state index in [-0.39, 0.29) is 5.69 Å². The summed E-state index contributed by atoms with van der Waals surface area (Å²) in [6, 6.07) is 8.94. The normalized spacial score (nSPS) is 10.5. The van der Waals surface area contributed by atoms with Crippen molar-refractivity contribution in [3.63, 3.8) is 0 Å². The van der Waals surface area contributed by atoms with E-state index in [1.807, 2.05) is 0 Å². The lowest BCUT2D eigenvalue weighted by molar-refractivity contribution is 0.581. The van der Waals surface area contributed by atoms with Gasteiger partial charge in [0.05, 0.1) is 5.69 Å². The highest BCUT2D eigenvalue weighted by Gasteiger charge is 2.09. The Hall–Kier alpha value is -1.26. The van der Waals surface area contributed by atoms with Gasteiger partial charge in [-0.3, -0.25) is 0 Å². The average molecular weight is 272 g/mol. The maximum absolute atomic E-state index is 13.2. The van der Waals surface area contributed by atoms with Gasteiger partial charge in [0.25, 0.3) is 0 Å². The first kappa shape index (κ1) is 12.2. The van der Waals surface area contributed by atoms with E-state index in [9.17, 15) is 8.78 Å². The van der Waals surface area contributed by atoms with E-state index in [1.165, 1.54) is 17.8 Å². The molecule has 0 bridgehead atoms. The molecule has 0 saturated heterocycles. The first-order valence-electron chi connectivity index (χ1n) is 4.74. The van der Waals surface area contributed by atoms with E-state index < -0.39 is 11.6 Å². The monoisotopic (exact) mass is 271 g/mol. The number of halogens is 3. The van der Waals surface area contributed by atoms with Crippen LogP contribution in [0.1, 0.15) is 0 Å². The summed E-state index contributed by atoms with van der Waals surface area (Å²) < 4.78 is 26.3. The summed E-state index contributed by atoms with van der Waals surface area (Å²) >= 11 is 6.99. The summed E-state index contributed by atoms with van der Waals surface area (Å²) in [6.45, 7) is 0. The van der Waals surface area contributed by atoms with Gasteiger partial charge in [0.2, 0.25) is 0 Å². The standard InChI is InChI=1S/C12H8ClF2NS/c13-7-2-1-3-9(4-7)17-11-6-8(14)5-10(15)12(11)16/h1-6H,16H2. The summed E-state index contributed by atoms with van der Waals surface area (Å²) in [6.07, 6.45) is 0. The van der Waals surface area contributed by atoms with E-state index in [4.69, 9.17) is 17.3 Å². The minimum atomic E-state index is -0.755. The Morgan fingerprint density at radius 3 is 2.59 bits per heavy atom. The fourth-order valence-corrected chi connectivity index (χ4v) is 2.52. The molecule has 0 unspecified atom stereocenters. The smallest absolute Gasteiger partial charge is 0.150 e. The number of benzene rings is 2. The van der Waals surface area contributed by atoms with E-state index in [1.54, 1.807) is 24.3 Å². The molecule has 2 N–H and O–H groups in total. The Morgan fingerprint density at radius 1 is 1.12 bits per heavy atom. The van der Waals surface area contributed by atoms with Crippen LogP contribution in [-0.4, -0.2) is 0 Å². The first-order valence-corrected chi connectivity index (χ1v) is 5.93. The lowest BCUT2D eigenvalue weighted by Gasteiger charge is -2.06. The van der Waals surface area contributed by atoms with Gasteiger partial charge in [-0.15, -0.1) is 0 Å². The first-order chi connectivity index (χ1) is 8.06. The SMILES string of the molecule is Nc1c(F)cc(F)cc1Sc1cccc(Cl)c1. The number of nitrogens with two attached hydrogens (primary N) is 1. The number of nitrogen functional groups attached to an aromatic ring is 1. The molecule has 2 aromatic rings. The molecular weight excluding hydrogens is 264 g/mol. The van der Waals surface area contributed by atoms with Crippen LogP contribution in [-0.2, 0) is 0 Å². The Labute approximate surface area is 107 Å². The molecule has 0 atom stereocenters. The Kier molecular flexibility index (Phi) is 3.54. The van der Waals surface area contributed by atoms with E-state index in [0.29, 0.717) is 9.92 Å². The van der Waals surface area contributed by atoms with Gasteiger partial charge < -0.3 is 5.73 Å². The molecular formula is C12H8ClF2NS. The highest BCUT2D eigenvalue weighted by Crippen LogP contribution is 2.34. The van der Waals surface area contributed by atoms with Crippen LogP contribution in [0.4, 0.5) is 14.5 Å². The van der Waals surface area contributed by atoms with Gasteiger partial charge in [-0.05, 0) is 24.3 Å². The molecule has 5 heteroatoms. The zero-order valence-electron chi connectivity index (χ0n) is 8.58. The fraction of sp³-hybridized carbons (Fsp3) is 0. The van der Waals surface area contributed by atoms with Crippen molar-refractivity contribution in [2.45, 2.75) is 9.79 Å². The third-order valence-electron chi connectivity index (χ3n) is 2.08. The van der Waals surface area contributed by atoms with E-state index >= 15 is 0 Å². The number of hydrogen-bond acceptors (Lipinski definition) is 2. The van der Waals surface area contributed by atoms with Gasteiger partial charge in [0.15, 0.2) is 0 Å². The van der Waals surface area contributed by atoms with Crippen molar-refractivity contribution in [1.82, 2.24) is 0 Å². The van der Waals surface area contributed by atoms with Crippen molar-refractivity contribution in [2.75, 3.05) is 5.73 Å². The highest BCUT2D eigenvalue weighted by atomic mass is 35.5. The molecule has 0 aliphatic carbocycles. The molecule has 0 spiro atoms. The van der Waals surface area contributed by atoms with Gasteiger partial charge in [0.1, 0.15) is 11.6 Å². The molecule has 88 valence electrons. The minimum Gasteiger partial charge on any atom is -0.395 e. The molecule has 0 aliphatic heterocycles. The van der Waals surface area contributed by atoms with Crippen LogP contribution >= 0.6 is 23.4 Å². The molecule has 0 amide bonds. The largest absolute Gasteiger partial charge is 0.395 e. The summed E-state index contributed by atoms with van der Waals surface area (Å²) in [4.78, 5) is 1.11. The highest BCUT2D eigenvalue weighted by molar-refractivity contribution is 7.99. The second-order valence-corrected chi connectivity index (χ2v) is 4.91. The predicted octanol–water partition coefficient (Wildman–Crippen LogP) is 4.35. The Balaban J connectivity index is 2.36. The zero-order chi connectivity index (χ0) is 12.4.